The Hall–Kier alpha value is -0.290. The summed E-state index contributed by atoms with van der Waals surface area (Å²) in [7, 11) is 0. The standard InChI is InChI=1S/C14H12Br2OS/c1-18-11-5-2-9(3-6-11)14(17)12-8-10(15)4-7-13(12)16/h2-8,14,17H,1H3. The van der Waals surface area contributed by atoms with Crippen molar-refractivity contribution in [2.24, 2.45) is 0 Å². The maximum atomic E-state index is 10.4. The van der Waals surface area contributed by atoms with E-state index in [0.717, 1.165) is 20.1 Å². The Balaban J connectivity index is 2.34. The largest absolute Gasteiger partial charge is 0.384 e. The molecule has 1 unspecified atom stereocenters. The molecule has 0 aliphatic rings. The van der Waals surface area contributed by atoms with Gasteiger partial charge in [0.2, 0.25) is 0 Å². The zero-order chi connectivity index (χ0) is 13.1. The number of hydrogen-bond acceptors (Lipinski definition) is 2. The topological polar surface area (TPSA) is 20.2 Å². The van der Waals surface area contributed by atoms with Crippen LogP contribution in [0, 0.1) is 0 Å². The number of aliphatic hydroxyl groups excluding tert-OH is 1. The summed E-state index contributed by atoms with van der Waals surface area (Å²) in [6.07, 6.45) is 1.42. The molecule has 2 rings (SSSR count). The van der Waals surface area contributed by atoms with Crippen molar-refractivity contribution >= 4 is 43.6 Å². The first-order valence-electron chi connectivity index (χ1n) is 5.39. The van der Waals surface area contributed by atoms with Crippen LogP contribution >= 0.6 is 43.6 Å². The Morgan fingerprint density at radius 3 is 2.33 bits per heavy atom. The van der Waals surface area contributed by atoms with Crippen LogP contribution in [0.3, 0.4) is 0 Å². The Labute approximate surface area is 128 Å². The third kappa shape index (κ3) is 3.18. The average Bonchev–Trinajstić information content (AvgIpc) is 2.41. The van der Waals surface area contributed by atoms with Crippen LogP contribution in [0.5, 0.6) is 0 Å². The van der Waals surface area contributed by atoms with Gasteiger partial charge in [0, 0.05) is 19.4 Å². The summed E-state index contributed by atoms with van der Waals surface area (Å²) in [5.74, 6) is 0. The molecule has 1 atom stereocenters. The van der Waals surface area contributed by atoms with Gasteiger partial charge in [-0.3, -0.25) is 0 Å². The number of benzene rings is 2. The van der Waals surface area contributed by atoms with E-state index in [2.05, 4.69) is 31.9 Å². The summed E-state index contributed by atoms with van der Waals surface area (Å²) in [6, 6.07) is 13.8. The Kier molecular flexibility index (Phi) is 4.90. The maximum Gasteiger partial charge on any atom is 0.105 e. The van der Waals surface area contributed by atoms with E-state index in [9.17, 15) is 5.11 Å². The Morgan fingerprint density at radius 2 is 1.72 bits per heavy atom. The van der Waals surface area contributed by atoms with Gasteiger partial charge in [-0.1, -0.05) is 44.0 Å². The molecule has 0 radical (unpaired) electrons. The Morgan fingerprint density at radius 1 is 1.06 bits per heavy atom. The molecule has 18 heavy (non-hydrogen) atoms. The quantitative estimate of drug-likeness (QED) is 0.746. The van der Waals surface area contributed by atoms with Crippen molar-refractivity contribution in [3.8, 4) is 0 Å². The second kappa shape index (κ2) is 6.24. The van der Waals surface area contributed by atoms with Crippen molar-refractivity contribution in [2.45, 2.75) is 11.0 Å². The molecule has 4 heteroatoms. The van der Waals surface area contributed by atoms with Crippen molar-refractivity contribution < 1.29 is 5.11 Å². The fourth-order valence-electron chi connectivity index (χ4n) is 1.69. The molecule has 94 valence electrons. The minimum atomic E-state index is -0.618. The molecule has 0 bridgehead atoms. The molecule has 0 amide bonds. The molecule has 0 aromatic heterocycles. The van der Waals surface area contributed by atoms with Gasteiger partial charge in [0.05, 0.1) is 0 Å². The molecule has 2 aromatic rings. The van der Waals surface area contributed by atoms with E-state index in [1.54, 1.807) is 11.8 Å². The first-order chi connectivity index (χ1) is 8.61. The van der Waals surface area contributed by atoms with E-state index >= 15 is 0 Å². The lowest BCUT2D eigenvalue weighted by Crippen LogP contribution is -2.00. The summed E-state index contributed by atoms with van der Waals surface area (Å²) in [4.78, 5) is 1.19. The highest BCUT2D eigenvalue weighted by molar-refractivity contribution is 9.11. The van der Waals surface area contributed by atoms with Crippen LogP contribution in [0.2, 0.25) is 0 Å². The number of halogens is 2. The lowest BCUT2D eigenvalue weighted by molar-refractivity contribution is 0.219. The van der Waals surface area contributed by atoms with Gasteiger partial charge < -0.3 is 5.11 Å². The second-order valence-electron chi connectivity index (χ2n) is 3.84. The first-order valence-corrected chi connectivity index (χ1v) is 8.20. The van der Waals surface area contributed by atoms with Crippen LogP contribution in [0.4, 0.5) is 0 Å². The van der Waals surface area contributed by atoms with E-state index < -0.39 is 6.10 Å². The molecule has 0 spiro atoms. The molecule has 1 N–H and O–H groups in total. The summed E-state index contributed by atoms with van der Waals surface area (Å²) in [5.41, 5.74) is 1.76. The molecular formula is C14H12Br2OS. The summed E-state index contributed by atoms with van der Waals surface area (Å²) < 4.78 is 1.87. The molecule has 1 nitrogen and oxygen atoms in total. The molecular weight excluding hydrogens is 376 g/mol. The van der Waals surface area contributed by atoms with Crippen LogP contribution in [0.25, 0.3) is 0 Å². The number of thioether (sulfide) groups is 1. The third-order valence-corrected chi connectivity index (χ3v) is 4.64. The summed E-state index contributed by atoms with van der Waals surface area (Å²) in [6.45, 7) is 0. The minimum absolute atomic E-state index is 0.618. The van der Waals surface area contributed by atoms with Crippen LogP contribution in [-0.4, -0.2) is 11.4 Å². The molecule has 0 saturated carbocycles. The van der Waals surface area contributed by atoms with E-state index in [4.69, 9.17) is 0 Å². The normalized spacial score (nSPS) is 12.4. The second-order valence-corrected chi connectivity index (χ2v) is 6.49. The van der Waals surface area contributed by atoms with Gasteiger partial charge in [0.1, 0.15) is 6.10 Å². The molecule has 0 heterocycles. The van der Waals surface area contributed by atoms with Crippen LogP contribution in [0.1, 0.15) is 17.2 Å². The zero-order valence-corrected chi connectivity index (χ0v) is 13.7. The van der Waals surface area contributed by atoms with Gasteiger partial charge in [-0.15, -0.1) is 11.8 Å². The van der Waals surface area contributed by atoms with Crippen molar-refractivity contribution in [3.63, 3.8) is 0 Å². The van der Waals surface area contributed by atoms with Gasteiger partial charge in [-0.25, -0.2) is 0 Å². The van der Waals surface area contributed by atoms with Crippen LogP contribution in [-0.2, 0) is 0 Å². The molecule has 0 aliphatic carbocycles. The lowest BCUT2D eigenvalue weighted by atomic mass is 10.0. The molecule has 0 fully saturated rings. The van der Waals surface area contributed by atoms with Crippen LogP contribution < -0.4 is 0 Å². The smallest absolute Gasteiger partial charge is 0.105 e. The summed E-state index contributed by atoms with van der Waals surface area (Å²) >= 11 is 8.59. The van der Waals surface area contributed by atoms with E-state index in [-0.39, 0.29) is 0 Å². The van der Waals surface area contributed by atoms with Gasteiger partial charge >= 0.3 is 0 Å². The first kappa shape index (κ1) is 14.1. The highest BCUT2D eigenvalue weighted by atomic mass is 79.9. The van der Waals surface area contributed by atoms with Gasteiger partial charge in [-0.05, 0) is 42.2 Å². The zero-order valence-electron chi connectivity index (χ0n) is 9.73. The predicted molar refractivity (Wildman–Crippen MR) is 84.1 cm³/mol. The SMILES string of the molecule is CSc1ccc(C(O)c2cc(Br)ccc2Br)cc1. The van der Waals surface area contributed by atoms with Crippen LogP contribution in [0.15, 0.2) is 56.3 Å². The van der Waals surface area contributed by atoms with Gasteiger partial charge in [0.25, 0.3) is 0 Å². The van der Waals surface area contributed by atoms with Crippen molar-refractivity contribution in [1.29, 1.82) is 0 Å². The molecule has 2 aromatic carbocycles. The van der Waals surface area contributed by atoms with Gasteiger partial charge in [-0.2, -0.15) is 0 Å². The monoisotopic (exact) mass is 386 g/mol. The van der Waals surface area contributed by atoms with Crippen molar-refractivity contribution in [1.82, 2.24) is 0 Å². The summed E-state index contributed by atoms with van der Waals surface area (Å²) in [5, 5.41) is 10.4. The lowest BCUT2D eigenvalue weighted by Gasteiger charge is -2.14. The predicted octanol–water partition coefficient (Wildman–Crippen LogP) is 5.02. The van der Waals surface area contributed by atoms with Crippen molar-refractivity contribution in [3.05, 3.63) is 62.5 Å². The highest BCUT2D eigenvalue weighted by Crippen LogP contribution is 2.31. The van der Waals surface area contributed by atoms with E-state index in [0.29, 0.717) is 0 Å². The number of hydrogen-bond donors (Lipinski definition) is 1. The average molecular weight is 388 g/mol. The maximum absolute atomic E-state index is 10.4. The fraction of sp³-hybridized carbons (Fsp3) is 0.143. The van der Waals surface area contributed by atoms with E-state index in [1.807, 2.05) is 48.7 Å². The highest BCUT2D eigenvalue weighted by Gasteiger charge is 2.14. The fourth-order valence-corrected chi connectivity index (χ4v) is 2.94. The van der Waals surface area contributed by atoms with E-state index in [1.165, 1.54) is 4.90 Å². The number of aliphatic hydroxyl groups is 1. The molecule has 0 saturated heterocycles. The third-order valence-electron chi connectivity index (χ3n) is 2.68. The Bertz CT molecular complexity index is 540. The van der Waals surface area contributed by atoms with Gasteiger partial charge in [0.15, 0.2) is 0 Å². The minimum Gasteiger partial charge on any atom is -0.384 e. The number of rotatable bonds is 3. The van der Waals surface area contributed by atoms with Crippen molar-refractivity contribution in [2.75, 3.05) is 6.26 Å². The molecule has 0 aliphatic heterocycles.